The van der Waals surface area contributed by atoms with E-state index in [0.29, 0.717) is 0 Å². The molecular weight excluding hydrogens is 459 g/mol. The zero-order valence-corrected chi connectivity index (χ0v) is 24.5. The van der Waals surface area contributed by atoms with Gasteiger partial charge in [-0.3, -0.25) is 4.98 Å². The van der Waals surface area contributed by atoms with E-state index < -0.39 is 16.1 Å². The molecule has 0 bridgehead atoms. The number of rotatable bonds is 2. The molecule has 0 unspecified atom stereocenters. The monoisotopic (exact) mass is 493 g/mol. The van der Waals surface area contributed by atoms with Crippen LogP contribution in [0, 0.1) is 6.92 Å². The van der Waals surface area contributed by atoms with Gasteiger partial charge in [0.25, 0.3) is 0 Å². The molecule has 2 nitrogen and oxygen atoms in total. The van der Waals surface area contributed by atoms with Crippen LogP contribution in [0.2, 0.25) is 39.3 Å². The van der Waals surface area contributed by atoms with E-state index in [4.69, 9.17) is 9.40 Å². The fourth-order valence-corrected chi connectivity index (χ4v) is 8.93. The van der Waals surface area contributed by atoms with Crippen LogP contribution in [-0.2, 0) is 5.41 Å². The number of hydrogen-bond donors (Lipinski definition) is 0. The highest BCUT2D eigenvalue weighted by Gasteiger charge is 2.38. The molecule has 0 amide bonds. The molecule has 0 N–H and O–H groups in total. The van der Waals surface area contributed by atoms with Gasteiger partial charge >= 0.3 is 0 Å². The minimum absolute atomic E-state index is 0.197. The smallest absolute Gasteiger partial charge is 0.138 e. The van der Waals surface area contributed by atoms with E-state index in [9.17, 15) is 0 Å². The molecule has 0 spiro atoms. The SMILES string of the molecule is Cc1ccc2c3c(ccc2c1)-c1ncc([Si](C)(C)C)c2oc4c([Si](C)(C)C)ccc(c4c12)C3(C)C. The number of aromatic nitrogens is 1. The molecule has 4 heteroatoms. The summed E-state index contributed by atoms with van der Waals surface area (Å²) in [6, 6.07) is 16.2. The van der Waals surface area contributed by atoms with Gasteiger partial charge in [-0.1, -0.05) is 101 Å². The van der Waals surface area contributed by atoms with E-state index in [1.54, 1.807) is 0 Å². The highest BCUT2D eigenvalue weighted by molar-refractivity contribution is 6.91. The first kappa shape index (κ1) is 22.7. The van der Waals surface area contributed by atoms with Crippen molar-refractivity contribution in [2.75, 3.05) is 0 Å². The fourth-order valence-electron chi connectivity index (χ4n) is 6.18. The number of aryl methyl sites for hydroxylation is 1. The Morgan fingerprint density at radius 3 is 2.14 bits per heavy atom. The van der Waals surface area contributed by atoms with Gasteiger partial charge < -0.3 is 4.42 Å². The number of benzene rings is 3. The van der Waals surface area contributed by atoms with E-state index in [1.165, 1.54) is 54.2 Å². The molecule has 1 aliphatic carbocycles. The fraction of sp³-hybridized carbons (Fsp3) is 0.323. The van der Waals surface area contributed by atoms with E-state index in [-0.39, 0.29) is 5.41 Å². The van der Waals surface area contributed by atoms with Crippen molar-refractivity contribution in [1.29, 1.82) is 0 Å². The summed E-state index contributed by atoms with van der Waals surface area (Å²) < 4.78 is 6.97. The average Bonchev–Trinajstić information content (AvgIpc) is 3.11. The van der Waals surface area contributed by atoms with E-state index in [2.05, 4.69) is 109 Å². The second-order valence-corrected chi connectivity index (χ2v) is 23.1. The van der Waals surface area contributed by atoms with Crippen molar-refractivity contribution in [2.45, 2.75) is 65.5 Å². The summed E-state index contributed by atoms with van der Waals surface area (Å²) in [6.45, 7) is 21.4. The summed E-state index contributed by atoms with van der Waals surface area (Å²) in [5.41, 5.74) is 8.33. The van der Waals surface area contributed by atoms with E-state index in [0.717, 1.165) is 16.9 Å². The second kappa shape index (κ2) is 6.95. The normalized spacial score (nSPS) is 15.2. The van der Waals surface area contributed by atoms with Crippen LogP contribution in [0.1, 0.15) is 30.5 Å². The van der Waals surface area contributed by atoms with Crippen LogP contribution in [0.5, 0.6) is 0 Å². The van der Waals surface area contributed by atoms with Gasteiger partial charge in [-0.2, -0.15) is 0 Å². The van der Waals surface area contributed by atoms with Crippen LogP contribution in [-0.4, -0.2) is 21.1 Å². The third-order valence-electron chi connectivity index (χ3n) is 7.99. The Morgan fingerprint density at radius 1 is 0.771 bits per heavy atom. The molecule has 0 aliphatic heterocycles. The second-order valence-electron chi connectivity index (χ2n) is 13.0. The van der Waals surface area contributed by atoms with Gasteiger partial charge in [0.05, 0.1) is 27.2 Å². The Balaban J connectivity index is 1.90. The molecule has 1 aliphatic rings. The van der Waals surface area contributed by atoms with Crippen molar-refractivity contribution in [3.8, 4) is 11.3 Å². The number of furan rings is 1. The summed E-state index contributed by atoms with van der Waals surface area (Å²) in [5.74, 6) is 0. The molecule has 0 atom stereocenters. The predicted molar refractivity (Wildman–Crippen MR) is 157 cm³/mol. The van der Waals surface area contributed by atoms with Gasteiger partial charge in [-0.25, -0.2) is 0 Å². The van der Waals surface area contributed by atoms with Gasteiger partial charge in [0.15, 0.2) is 0 Å². The first-order valence-corrected chi connectivity index (χ1v) is 19.7. The first-order chi connectivity index (χ1) is 16.3. The Bertz CT molecular complexity index is 1690. The third-order valence-corrected chi connectivity index (χ3v) is 12.0. The Hall–Kier alpha value is -2.70. The van der Waals surface area contributed by atoms with E-state index >= 15 is 0 Å². The molecule has 2 heterocycles. The summed E-state index contributed by atoms with van der Waals surface area (Å²) in [5, 5.41) is 7.87. The van der Waals surface area contributed by atoms with Gasteiger partial charge in [-0.15, -0.1) is 0 Å². The largest absolute Gasteiger partial charge is 0.456 e. The quantitative estimate of drug-likeness (QED) is 0.234. The molecule has 0 saturated carbocycles. The number of hydrogen-bond acceptors (Lipinski definition) is 2. The van der Waals surface area contributed by atoms with E-state index in [1.807, 2.05) is 0 Å². The van der Waals surface area contributed by atoms with Gasteiger partial charge in [0.2, 0.25) is 0 Å². The molecule has 0 radical (unpaired) electrons. The van der Waals surface area contributed by atoms with Crippen molar-refractivity contribution < 1.29 is 4.42 Å². The van der Waals surface area contributed by atoms with Crippen LogP contribution in [0.15, 0.2) is 53.1 Å². The Kier molecular flexibility index (Phi) is 4.52. The third kappa shape index (κ3) is 3.09. The lowest BCUT2D eigenvalue weighted by molar-refractivity contribution is 0.649. The standard InChI is InChI=1S/C31H35NOSi2/c1-18-10-12-20-19(16-18)11-13-21-27(20)31(2,3)22-14-15-23(34(4,5)6)29-25(22)26-28(21)32-17-24(30(26)33-29)35(7,8)9/h10-17H,1-9H3. The summed E-state index contributed by atoms with van der Waals surface area (Å²) in [7, 11) is -3.31. The van der Waals surface area contributed by atoms with Gasteiger partial charge in [0.1, 0.15) is 11.2 Å². The molecule has 35 heavy (non-hydrogen) atoms. The molecule has 0 saturated heterocycles. The number of pyridine rings is 1. The first-order valence-electron chi connectivity index (χ1n) is 12.7. The molecule has 6 rings (SSSR count). The average molecular weight is 494 g/mol. The van der Waals surface area contributed by atoms with Crippen molar-refractivity contribution in [3.05, 3.63) is 65.4 Å². The maximum absolute atomic E-state index is 6.97. The zero-order chi connectivity index (χ0) is 25.1. The van der Waals surface area contributed by atoms with Crippen LogP contribution < -0.4 is 10.4 Å². The van der Waals surface area contributed by atoms with Crippen molar-refractivity contribution >= 4 is 59.2 Å². The zero-order valence-electron chi connectivity index (χ0n) is 22.5. The van der Waals surface area contributed by atoms with Crippen molar-refractivity contribution in [1.82, 2.24) is 4.98 Å². The minimum Gasteiger partial charge on any atom is -0.456 e. The van der Waals surface area contributed by atoms with Gasteiger partial charge in [0, 0.05) is 27.7 Å². The lowest BCUT2D eigenvalue weighted by Crippen LogP contribution is -2.38. The van der Waals surface area contributed by atoms with Crippen molar-refractivity contribution in [2.24, 2.45) is 0 Å². The number of nitrogens with zero attached hydrogens (tertiary/aromatic N) is 1. The molecule has 3 aromatic carbocycles. The van der Waals surface area contributed by atoms with Gasteiger partial charge in [-0.05, 0) is 34.0 Å². The maximum Gasteiger partial charge on any atom is 0.138 e. The maximum atomic E-state index is 6.97. The summed E-state index contributed by atoms with van der Waals surface area (Å²) in [6.07, 6.45) is 2.13. The Labute approximate surface area is 210 Å². The summed E-state index contributed by atoms with van der Waals surface area (Å²) in [4.78, 5) is 5.23. The predicted octanol–water partition coefficient (Wildman–Crippen LogP) is 7.84. The Morgan fingerprint density at radius 2 is 1.46 bits per heavy atom. The molecule has 2 aromatic heterocycles. The van der Waals surface area contributed by atoms with Crippen LogP contribution in [0.3, 0.4) is 0 Å². The molecular formula is C31H35NOSi2. The topological polar surface area (TPSA) is 26.0 Å². The molecule has 5 aromatic rings. The van der Waals surface area contributed by atoms with Crippen LogP contribution in [0.25, 0.3) is 44.0 Å². The van der Waals surface area contributed by atoms with Crippen molar-refractivity contribution in [3.63, 3.8) is 0 Å². The molecule has 178 valence electrons. The lowest BCUT2D eigenvalue weighted by Gasteiger charge is -2.30. The lowest BCUT2D eigenvalue weighted by atomic mass is 9.74. The minimum atomic E-state index is -1.68. The summed E-state index contributed by atoms with van der Waals surface area (Å²) >= 11 is 0. The van der Waals surface area contributed by atoms with Crippen LogP contribution in [0.4, 0.5) is 0 Å². The highest BCUT2D eigenvalue weighted by Crippen LogP contribution is 2.50. The van der Waals surface area contributed by atoms with Crippen LogP contribution >= 0.6 is 0 Å². The molecule has 0 fully saturated rings. The number of fused-ring (bicyclic) bond motifs is 4. The highest BCUT2D eigenvalue weighted by atomic mass is 28.3.